The minimum absolute atomic E-state index is 0.0689. The molecule has 0 aliphatic rings. The molecule has 5 heteroatoms. The lowest BCUT2D eigenvalue weighted by atomic mass is 9.87. The lowest BCUT2D eigenvalue weighted by molar-refractivity contribution is 0.144. The van der Waals surface area contributed by atoms with E-state index in [1.165, 1.54) is 0 Å². The monoisotopic (exact) mass is 351 g/mol. The van der Waals surface area contributed by atoms with E-state index in [9.17, 15) is 5.11 Å². The molecule has 0 radical (unpaired) electrons. The van der Waals surface area contributed by atoms with Gasteiger partial charge in [-0.15, -0.1) is 0 Å². The lowest BCUT2D eigenvalue weighted by Crippen LogP contribution is -2.46. The molecule has 4 nitrogen and oxygen atoms in total. The van der Waals surface area contributed by atoms with Crippen LogP contribution in [0.15, 0.2) is 47.2 Å². The number of nitrogens with one attached hydrogen (secondary N) is 1. The van der Waals surface area contributed by atoms with Gasteiger partial charge in [-0.25, -0.2) is 0 Å². The first-order valence-electron chi connectivity index (χ1n) is 7.29. The predicted octanol–water partition coefficient (Wildman–Crippen LogP) is 2.92. The second-order valence-electron chi connectivity index (χ2n) is 5.20. The molecule has 0 saturated carbocycles. The van der Waals surface area contributed by atoms with Gasteiger partial charge < -0.3 is 10.4 Å². The number of aromatic nitrogens is 2. The Kier molecular flexibility index (Phi) is 5.96. The third-order valence-corrected chi connectivity index (χ3v) is 4.09. The molecular formula is C16H22BrN3O. The Hall–Kier alpha value is -1.17. The fraction of sp³-hybridized carbons (Fsp3) is 0.438. The van der Waals surface area contributed by atoms with Crippen LogP contribution in [-0.4, -0.2) is 28.0 Å². The molecule has 0 saturated heterocycles. The number of halogens is 1. The summed E-state index contributed by atoms with van der Waals surface area (Å²) in [5, 5.41) is 17.8. The number of aliphatic hydroxyl groups is 1. The second-order valence-corrected chi connectivity index (χ2v) is 6.12. The fourth-order valence-electron chi connectivity index (χ4n) is 2.45. The highest BCUT2D eigenvalue weighted by atomic mass is 79.9. The van der Waals surface area contributed by atoms with E-state index in [0.717, 1.165) is 36.0 Å². The molecule has 1 aromatic heterocycles. The van der Waals surface area contributed by atoms with Crippen LogP contribution in [0.2, 0.25) is 0 Å². The summed E-state index contributed by atoms with van der Waals surface area (Å²) < 4.78 is 2.86. The molecule has 1 atom stereocenters. The van der Waals surface area contributed by atoms with Crippen molar-refractivity contribution in [2.75, 3.05) is 13.2 Å². The molecular weight excluding hydrogens is 330 g/mol. The van der Waals surface area contributed by atoms with Crippen molar-refractivity contribution in [1.82, 2.24) is 15.1 Å². The first-order chi connectivity index (χ1) is 10.2. The molecule has 0 amide bonds. The van der Waals surface area contributed by atoms with Crippen LogP contribution in [0.25, 0.3) is 0 Å². The quantitative estimate of drug-likeness (QED) is 0.768. The van der Waals surface area contributed by atoms with Crippen molar-refractivity contribution < 1.29 is 5.11 Å². The van der Waals surface area contributed by atoms with Crippen LogP contribution < -0.4 is 5.32 Å². The number of nitrogens with zero attached hydrogens (tertiary/aromatic N) is 2. The topological polar surface area (TPSA) is 50.1 Å². The lowest BCUT2D eigenvalue weighted by Gasteiger charge is -2.34. The molecule has 0 aliphatic heterocycles. The average molecular weight is 352 g/mol. The van der Waals surface area contributed by atoms with Crippen LogP contribution in [0.1, 0.15) is 25.3 Å². The normalized spacial score (nSPS) is 14.0. The molecule has 1 aromatic carbocycles. The predicted molar refractivity (Wildman–Crippen MR) is 88.0 cm³/mol. The smallest absolute Gasteiger partial charge is 0.0686 e. The maximum Gasteiger partial charge on any atom is 0.0686 e. The number of aryl methyl sites for hydroxylation is 1. The van der Waals surface area contributed by atoms with Crippen LogP contribution in [0.3, 0.4) is 0 Å². The van der Waals surface area contributed by atoms with Crippen LogP contribution >= 0.6 is 15.9 Å². The van der Waals surface area contributed by atoms with E-state index in [1.54, 1.807) is 6.20 Å². The molecule has 21 heavy (non-hydrogen) atoms. The number of hydrogen-bond acceptors (Lipinski definition) is 3. The Bertz CT molecular complexity index is 543. The molecule has 2 N–H and O–H groups in total. The van der Waals surface area contributed by atoms with Gasteiger partial charge in [-0.3, -0.25) is 4.68 Å². The molecule has 1 unspecified atom stereocenters. The highest BCUT2D eigenvalue weighted by Gasteiger charge is 2.30. The third kappa shape index (κ3) is 4.15. The molecule has 0 bridgehead atoms. The van der Waals surface area contributed by atoms with Crippen LogP contribution in [0, 0.1) is 0 Å². The SMILES string of the molecule is CCCNC(CO)(CCn1cc(Br)cn1)c1ccccc1. The van der Waals surface area contributed by atoms with Gasteiger partial charge in [0.2, 0.25) is 0 Å². The van der Waals surface area contributed by atoms with Gasteiger partial charge in [-0.05, 0) is 40.9 Å². The van der Waals surface area contributed by atoms with Crippen molar-refractivity contribution in [3.05, 3.63) is 52.8 Å². The van der Waals surface area contributed by atoms with Gasteiger partial charge in [0.15, 0.2) is 0 Å². The molecule has 0 fully saturated rings. The van der Waals surface area contributed by atoms with E-state index in [1.807, 2.05) is 29.1 Å². The summed E-state index contributed by atoms with van der Waals surface area (Å²) in [5.41, 5.74) is 0.697. The van der Waals surface area contributed by atoms with E-state index in [2.05, 4.69) is 45.4 Å². The van der Waals surface area contributed by atoms with Gasteiger partial charge in [-0.2, -0.15) is 5.10 Å². The van der Waals surface area contributed by atoms with E-state index in [-0.39, 0.29) is 6.61 Å². The van der Waals surface area contributed by atoms with Crippen LogP contribution in [0.5, 0.6) is 0 Å². The summed E-state index contributed by atoms with van der Waals surface area (Å²) >= 11 is 3.41. The fourth-order valence-corrected chi connectivity index (χ4v) is 2.78. The van der Waals surface area contributed by atoms with Crippen LogP contribution in [0.4, 0.5) is 0 Å². The minimum Gasteiger partial charge on any atom is -0.394 e. The summed E-state index contributed by atoms with van der Waals surface area (Å²) in [6.45, 7) is 3.82. The van der Waals surface area contributed by atoms with E-state index < -0.39 is 5.54 Å². The average Bonchev–Trinajstić information content (AvgIpc) is 2.95. The summed E-state index contributed by atoms with van der Waals surface area (Å²) in [6.07, 6.45) is 5.54. The standard InChI is InChI=1S/C16H22BrN3O/c1-2-9-18-16(13-21,14-6-4-3-5-7-14)8-10-20-12-15(17)11-19-20/h3-7,11-12,18,21H,2,8-10,13H2,1H3. The maximum absolute atomic E-state index is 10.0. The Morgan fingerprint density at radius 2 is 2.10 bits per heavy atom. The van der Waals surface area contributed by atoms with Gasteiger partial charge in [0.1, 0.15) is 0 Å². The first kappa shape index (κ1) is 16.2. The zero-order chi connectivity index (χ0) is 15.1. The number of aliphatic hydroxyl groups excluding tert-OH is 1. The summed E-state index contributed by atoms with van der Waals surface area (Å²) in [7, 11) is 0. The summed E-state index contributed by atoms with van der Waals surface area (Å²) in [5.74, 6) is 0. The molecule has 0 spiro atoms. The van der Waals surface area contributed by atoms with Crippen molar-refractivity contribution in [2.45, 2.75) is 31.8 Å². The number of rotatable bonds is 8. The second kappa shape index (κ2) is 7.73. The maximum atomic E-state index is 10.0. The van der Waals surface area contributed by atoms with Gasteiger partial charge in [0, 0.05) is 12.7 Å². The van der Waals surface area contributed by atoms with Crippen molar-refractivity contribution >= 4 is 15.9 Å². The Balaban J connectivity index is 2.18. The third-order valence-electron chi connectivity index (χ3n) is 3.68. The zero-order valence-electron chi connectivity index (χ0n) is 12.3. The highest BCUT2D eigenvalue weighted by molar-refractivity contribution is 9.10. The van der Waals surface area contributed by atoms with Gasteiger partial charge in [0.05, 0.1) is 22.8 Å². The van der Waals surface area contributed by atoms with Crippen LogP contribution in [-0.2, 0) is 12.1 Å². The number of hydrogen-bond donors (Lipinski definition) is 2. The summed E-state index contributed by atoms with van der Waals surface area (Å²) in [4.78, 5) is 0. The number of benzene rings is 1. The summed E-state index contributed by atoms with van der Waals surface area (Å²) in [6, 6.07) is 10.2. The Morgan fingerprint density at radius 3 is 2.67 bits per heavy atom. The largest absolute Gasteiger partial charge is 0.394 e. The van der Waals surface area contributed by atoms with Crippen molar-refractivity contribution in [3.63, 3.8) is 0 Å². The van der Waals surface area contributed by atoms with Gasteiger partial charge in [-0.1, -0.05) is 37.3 Å². The van der Waals surface area contributed by atoms with E-state index in [4.69, 9.17) is 0 Å². The van der Waals surface area contributed by atoms with E-state index >= 15 is 0 Å². The molecule has 2 rings (SSSR count). The molecule has 1 heterocycles. The van der Waals surface area contributed by atoms with Crippen molar-refractivity contribution in [3.8, 4) is 0 Å². The Labute approximate surface area is 134 Å². The zero-order valence-corrected chi connectivity index (χ0v) is 13.9. The van der Waals surface area contributed by atoms with Crippen molar-refractivity contribution in [2.24, 2.45) is 0 Å². The molecule has 0 aliphatic carbocycles. The Morgan fingerprint density at radius 1 is 1.33 bits per heavy atom. The van der Waals surface area contributed by atoms with Crippen molar-refractivity contribution in [1.29, 1.82) is 0 Å². The minimum atomic E-state index is -0.421. The molecule has 114 valence electrons. The van der Waals surface area contributed by atoms with Gasteiger partial charge >= 0.3 is 0 Å². The van der Waals surface area contributed by atoms with E-state index in [0.29, 0.717) is 0 Å². The highest BCUT2D eigenvalue weighted by Crippen LogP contribution is 2.25. The van der Waals surface area contributed by atoms with Gasteiger partial charge in [0.25, 0.3) is 0 Å². The first-order valence-corrected chi connectivity index (χ1v) is 8.09. The molecule has 2 aromatic rings.